The number of aromatic nitrogens is 1. The molecule has 1 aromatic heterocycles. The van der Waals surface area contributed by atoms with E-state index in [1.54, 1.807) is 0 Å². The summed E-state index contributed by atoms with van der Waals surface area (Å²) in [6.07, 6.45) is -3.38. The molecule has 100 valence electrons. The lowest BCUT2D eigenvalue weighted by molar-refractivity contribution is -0.139. The third kappa shape index (κ3) is 2.75. The van der Waals surface area contributed by atoms with E-state index >= 15 is 0 Å². The molecule has 1 heterocycles. The molecule has 2 aromatic rings. The molecule has 0 aliphatic carbocycles. The number of hydrogen-bond acceptors (Lipinski definition) is 3. The molecule has 19 heavy (non-hydrogen) atoms. The molecule has 4 nitrogen and oxygen atoms in total. The van der Waals surface area contributed by atoms with E-state index < -0.39 is 24.3 Å². The smallest absolute Gasteiger partial charge is 0.418 e. The highest BCUT2D eigenvalue weighted by Gasteiger charge is 2.33. The van der Waals surface area contributed by atoms with Gasteiger partial charge in [0.05, 0.1) is 11.1 Å². The first kappa shape index (κ1) is 13.1. The summed E-state index contributed by atoms with van der Waals surface area (Å²) in [4.78, 5) is 14.1. The van der Waals surface area contributed by atoms with Gasteiger partial charge in [0.2, 0.25) is 0 Å². The molecule has 0 spiro atoms. The largest absolute Gasteiger partial charge is 0.481 e. The maximum absolute atomic E-state index is 12.8. The van der Waals surface area contributed by atoms with E-state index in [-0.39, 0.29) is 16.7 Å². The van der Waals surface area contributed by atoms with Gasteiger partial charge in [-0.2, -0.15) is 13.2 Å². The third-order valence-electron chi connectivity index (χ3n) is 2.39. The fourth-order valence-corrected chi connectivity index (χ4v) is 1.64. The summed E-state index contributed by atoms with van der Waals surface area (Å²) in [6, 6.07) is 4.86. The molecule has 2 rings (SSSR count). The lowest BCUT2D eigenvalue weighted by Crippen LogP contribution is -2.10. The molecule has 0 saturated heterocycles. The number of carbonyl (C=O) groups is 1. The Balaban J connectivity index is 2.54. The highest BCUT2D eigenvalue weighted by Crippen LogP contribution is 2.36. The maximum atomic E-state index is 12.8. The summed E-state index contributed by atoms with van der Waals surface area (Å²) < 4.78 is 43.3. The fraction of sp³-hybridized carbons (Fsp3) is 0.167. The van der Waals surface area contributed by atoms with E-state index in [0.717, 1.165) is 12.3 Å². The molecule has 0 amide bonds. The number of hydrogen-bond donors (Lipinski definition) is 1. The molecule has 0 aliphatic heterocycles. The predicted molar refractivity (Wildman–Crippen MR) is 59.9 cm³/mol. The second-order valence-electron chi connectivity index (χ2n) is 3.69. The van der Waals surface area contributed by atoms with E-state index in [2.05, 4.69) is 4.98 Å². The molecule has 0 bridgehead atoms. The molecule has 1 aromatic carbocycles. The van der Waals surface area contributed by atoms with Gasteiger partial charge >= 0.3 is 12.1 Å². The highest BCUT2D eigenvalue weighted by molar-refractivity contribution is 5.88. The van der Waals surface area contributed by atoms with Crippen molar-refractivity contribution in [3.8, 4) is 5.75 Å². The van der Waals surface area contributed by atoms with E-state index in [0.29, 0.717) is 0 Å². The van der Waals surface area contributed by atoms with Gasteiger partial charge in [-0.15, -0.1) is 0 Å². The molecule has 1 N–H and O–H groups in total. The lowest BCUT2D eigenvalue weighted by Gasteiger charge is -2.11. The monoisotopic (exact) mass is 271 g/mol. The Kier molecular flexibility index (Phi) is 3.28. The summed E-state index contributed by atoms with van der Waals surface area (Å²) in [6.45, 7) is -0.630. The van der Waals surface area contributed by atoms with Crippen LogP contribution in [0.4, 0.5) is 13.2 Å². The van der Waals surface area contributed by atoms with Crippen molar-refractivity contribution in [2.24, 2.45) is 0 Å². The first-order valence-electron chi connectivity index (χ1n) is 5.19. The first-order valence-corrected chi connectivity index (χ1v) is 5.19. The van der Waals surface area contributed by atoms with Crippen LogP contribution in [0.15, 0.2) is 30.5 Å². The van der Waals surface area contributed by atoms with Crippen molar-refractivity contribution in [3.05, 3.63) is 36.0 Å². The van der Waals surface area contributed by atoms with Crippen LogP contribution in [0, 0.1) is 0 Å². The van der Waals surface area contributed by atoms with Gasteiger partial charge in [-0.1, -0.05) is 6.07 Å². The molecular formula is C12H8F3NO3. The van der Waals surface area contributed by atoms with Crippen molar-refractivity contribution in [3.63, 3.8) is 0 Å². The van der Waals surface area contributed by atoms with Gasteiger partial charge in [-0.3, -0.25) is 4.98 Å². The Morgan fingerprint density at radius 3 is 2.68 bits per heavy atom. The molecule has 0 saturated carbocycles. The summed E-state index contributed by atoms with van der Waals surface area (Å²) in [5, 5.41) is 8.63. The van der Waals surface area contributed by atoms with Crippen molar-refractivity contribution in [2.75, 3.05) is 6.61 Å². The Morgan fingerprint density at radius 1 is 1.32 bits per heavy atom. The summed E-state index contributed by atoms with van der Waals surface area (Å²) in [5.41, 5.74) is -1.15. The second-order valence-corrected chi connectivity index (χ2v) is 3.69. The SMILES string of the molecule is O=C(O)COc1ccnc2c(C(F)(F)F)cccc12. The van der Waals surface area contributed by atoms with Crippen LogP contribution in [0.1, 0.15) is 5.56 Å². The molecular weight excluding hydrogens is 263 g/mol. The van der Waals surface area contributed by atoms with Crippen molar-refractivity contribution in [2.45, 2.75) is 6.18 Å². The van der Waals surface area contributed by atoms with E-state index in [9.17, 15) is 18.0 Å². The molecule has 0 atom stereocenters. The number of nitrogens with zero attached hydrogens (tertiary/aromatic N) is 1. The summed E-state index contributed by atoms with van der Waals surface area (Å²) in [5.74, 6) is -1.16. The molecule has 0 unspecified atom stereocenters. The first-order chi connectivity index (χ1) is 8.89. The third-order valence-corrected chi connectivity index (χ3v) is 2.39. The average molecular weight is 271 g/mol. The molecule has 0 radical (unpaired) electrons. The van der Waals surface area contributed by atoms with Crippen LogP contribution in [0.25, 0.3) is 10.9 Å². The standard InChI is InChI=1S/C12H8F3NO3/c13-12(14,15)8-3-1-2-7-9(19-6-10(17)18)4-5-16-11(7)8/h1-5H,6H2,(H,17,18). The number of fused-ring (bicyclic) bond motifs is 1. The number of carboxylic acid groups (broad SMARTS) is 1. The number of ether oxygens (including phenoxy) is 1. The maximum Gasteiger partial charge on any atom is 0.418 e. The Morgan fingerprint density at radius 2 is 2.05 bits per heavy atom. The van der Waals surface area contributed by atoms with E-state index in [4.69, 9.17) is 9.84 Å². The highest BCUT2D eigenvalue weighted by atomic mass is 19.4. The van der Waals surface area contributed by atoms with Crippen LogP contribution in [0.3, 0.4) is 0 Å². The lowest BCUT2D eigenvalue weighted by atomic mass is 10.1. The van der Waals surface area contributed by atoms with E-state index in [1.165, 1.54) is 18.2 Å². The van der Waals surface area contributed by atoms with Gasteiger partial charge < -0.3 is 9.84 Å². The van der Waals surface area contributed by atoms with Gasteiger partial charge in [0.1, 0.15) is 5.75 Å². The Bertz CT molecular complexity index is 625. The summed E-state index contributed by atoms with van der Waals surface area (Å²) in [7, 11) is 0. The number of aliphatic carboxylic acids is 1. The topological polar surface area (TPSA) is 59.4 Å². The van der Waals surface area contributed by atoms with Crippen LogP contribution < -0.4 is 4.74 Å². The second kappa shape index (κ2) is 4.75. The minimum Gasteiger partial charge on any atom is -0.481 e. The number of para-hydroxylation sites is 1. The van der Waals surface area contributed by atoms with Crippen LogP contribution in [-0.2, 0) is 11.0 Å². The Labute approximate surface area is 105 Å². The van der Waals surface area contributed by atoms with Crippen molar-refractivity contribution in [1.29, 1.82) is 0 Å². The number of halogens is 3. The van der Waals surface area contributed by atoms with Gasteiger partial charge in [-0.25, -0.2) is 4.79 Å². The number of benzene rings is 1. The van der Waals surface area contributed by atoms with Crippen LogP contribution in [0.2, 0.25) is 0 Å². The van der Waals surface area contributed by atoms with Crippen LogP contribution in [0.5, 0.6) is 5.75 Å². The summed E-state index contributed by atoms with van der Waals surface area (Å²) >= 11 is 0. The quantitative estimate of drug-likeness (QED) is 0.932. The zero-order chi connectivity index (χ0) is 14.0. The predicted octanol–water partition coefficient (Wildman–Crippen LogP) is 2.72. The van der Waals surface area contributed by atoms with Crippen LogP contribution >= 0.6 is 0 Å². The number of alkyl halides is 3. The zero-order valence-corrected chi connectivity index (χ0v) is 9.44. The van der Waals surface area contributed by atoms with Crippen molar-refractivity contribution >= 4 is 16.9 Å². The van der Waals surface area contributed by atoms with Gasteiger partial charge in [0, 0.05) is 11.6 Å². The average Bonchev–Trinajstić information content (AvgIpc) is 2.34. The normalized spacial score (nSPS) is 11.5. The fourth-order valence-electron chi connectivity index (χ4n) is 1.64. The van der Waals surface area contributed by atoms with Crippen LogP contribution in [-0.4, -0.2) is 22.7 Å². The number of rotatable bonds is 3. The number of pyridine rings is 1. The Hall–Kier alpha value is -2.31. The van der Waals surface area contributed by atoms with Gasteiger partial charge in [0.25, 0.3) is 0 Å². The zero-order valence-electron chi connectivity index (χ0n) is 9.44. The molecule has 7 heteroatoms. The van der Waals surface area contributed by atoms with Gasteiger partial charge in [0.15, 0.2) is 6.61 Å². The minimum atomic E-state index is -4.53. The van der Waals surface area contributed by atoms with E-state index in [1.807, 2.05) is 0 Å². The number of carboxylic acids is 1. The van der Waals surface area contributed by atoms with Gasteiger partial charge in [-0.05, 0) is 18.2 Å². The minimum absolute atomic E-state index is 0.0542. The molecule has 0 fully saturated rings. The van der Waals surface area contributed by atoms with Crippen molar-refractivity contribution in [1.82, 2.24) is 4.98 Å². The molecule has 0 aliphatic rings. The van der Waals surface area contributed by atoms with Crippen molar-refractivity contribution < 1.29 is 27.8 Å².